The minimum atomic E-state index is -0.593. The highest BCUT2D eigenvalue weighted by atomic mass is 32.1. The second-order valence-corrected chi connectivity index (χ2v) is 5.65. The van der Waals surface area contributed by atoms with Crippen LogP contribution < -0.4 is 5.32 Å². The van der Waals surface area contributed by atoms with Crippen molar-refractivity contribution in [2.24, 2.45) is 0 Å². The molecule has 0 spiro atoms. The lowest BCUT2D eigenvalue weighted by Gasteiger charge is -2.08. The van der Waals surface area contributed by atoms with Gasteiger partial charge in [-0.25, -0.2) is 9.78 Å². The van der Waals surface area contributed by atoms with E-state index in [4.69, 9.17) is 4.74 Å². The van der Waals surface area contributed by atoms with Crippen LogP contribution in [0.25, 0.3) is 6.08 Å². The predicted octanol–water partition coefficient (Wildman–Crippen LogP) is 2.67. The minimum Gasteiger partial charge on any atom is -0.454 e. The number of nitrogens with zero attached hydrogens (tertiary/aromatic N) is 1. The third-order valence-electron chi connectivity index (χ3n) is 2.66. The molecule has 0 aliphatic heterocycles. The zero-order chi connectivity index (χ0) is 15.9. The highest BCUT2D eigenvalue weighted by Gasteiger charge is 2.13. The lowest BCUT2D eigenvalue weighted by Crippen LogP contribution is -2.26. The molecule has 22 heavy (non-hydrogen) atoms. The quantitative estimate of drug-likeness (QED) is 0.680. The SMILES string of the molecule is CC(=O)N/C(=C\c1ccccc1)C(=O)OCc1csc(C)n1. The Morgan fingerprint density at radius 2 is 2.05 bits per heavy atom. The van der Waals surface area contributed by atoms with Gasteiger partial charge < -0.3 is 10.1 Å². The molecule has 1 heterocycles. The Kier molecular flexibility index (Phi) is 5.43. The molecule has 0 saturated heterocycles. The van der Waals surface area contributed by atoms with Crippen molar-refractivity contribution in [3.05, 3.63) is 57.7 Å². The number of carbonyl (C=O) groups excluding carboxylic acids is 2. The van der Waals surface area contributed by atoms with Gasteiger partial charge in [-0.2, -0.15) is 0 Å². The number of thiazole rings is 1. The molecule has 0 atom stereocenters. The molecule has 0 saturated carbocycles. The summed E-state index contributed by atoms with van der Waals surface area (Å²) in [6.07, 6.45) is 1.58. The minimum absolute atomic E-state index is 0.0783. The maximum absolute atomic E-state index is 12.1. The van der Waals surface area contributed by atoms with Crippen LogP contribution in [0, 0.1) is 6.92 Å². The highest BCUT2D eigenvalue weighted by molar-refractivity contribution is 7.09. The molecule has 1 N–H and O–H groups in total. The predicted molar refractivity (Wildman–Crippen MR) is 84.9 cm³/mol. The number of rotatable bonds is 5. The van der Waals surface area contributed by atoms with Crippen LogP contribution in [-0.2, 0) is 20.9 Å². The number of hydrogen-bond donors (Lipinski definition) is 1. The van der Waals surface area contributed by atoms with Crippen molar-refractivity contribution >= 4 is 29.3 Å². The molecule has 6 heteroatoms. The molecule has 2 rings (SSSR count). The fourth-order valence-electron chi connectivity index (χ4n) is 1.74. The van der Waals surface area contributed by atoms with Gasteiger partial charge in [-0.05, 0) is 18.6 Å². The van der Waals surface area contributed by atoms with E-state index in [1.165, 1.54) is 18.3 Å². The average molecular weight is 316 g/mol. The van der Waals surface area contributed by atoms with E-state index in [2.05, 4.69) is 10.3 Å². The third-order valence-corrected chi connectivity index (χ3v) is 3.48. The number of aryl methyl sites for hydroxylation is 1. The number of esters is 1. The van der Waals surface area contributed by atoms with Gasteiger partial charge >= 0.3 is 5.97 Å². The van der Waals surface area contributed by atoms with E-state index in [0.717, 1.165) is 10.6 Å². The Morgan fingerprint density at radius 3 is 2.64 bits per heavy atom. The monoisotopic (exact) mass is 316 g/mol. The van der Waals surface area contributed by atoms with Crippen LogP contribution in [0.2, 0.25) is 0 Å². The zero-order valence-electron chi connectivity index (χ0n) is 12.3. The van der Waals surface area contributed by atoms with Gasteiger partial charge in [0.25, 0.3) is 0 Å². The van der Waals surface area contributed by atoms with E-state index in [1.807, 2.05) is 42.6 Å². The molecule has 0 aliphatic carbocycles. The van der Waals surface area contributed by atoms with Crippen LogP contribution in [0.15, 0.2) is 41.4 Å². The number of nitrogens with one attached hydrogen (secondary N) is 1. The lowest BCUT2D eigenvalue weighted by molar-refractivity contribution is -0.141. The number of carbonyl (C=O) groups is 2. The molecule has 0 aliphatic rings. The Labute approximate surface area is 132 Å². The summed E-state index contributed by atoms with van der Waals surface area (Å²) in [5.41, 5.74) is 1.59. The van der Waals surface area contributed by atoms with Gasteiger partial charge in [0.2, 0.25) is 5.91 Å². The maximum Gasteiger partial charge on any atom is 0.355 e. The molecule has 0 radical (unpaired) electrons. The molecule has 0 bridgehead atoms. The van der Waals surface area contributed by atoms with Gasteiger partial charge in [-0.1, -0.05) is 30.3 Å². The van der Waals surface area contributed by atoms with Crippen LogP contribution in [0.3, 0.4) is 0 Å². The number of hydrogen-bond acceptors (Lipinski definition) is 5. The lowest BCUT2D eigenvalue weighted by atomic mass is 10.2. The van der Waals surface area contributed by atoms with Crippen molar-refractivity contribution < 1.29 is 14.3 Å². The van der Waals surface area contributed by atoms with Gasteiger partial charge in [0.15, 0.2) is 0 Å². The van der Waals surface area contributed by atoms with Crippen LogP contribution in [0.1, 0.15) is 23.2 Å². The van der Waals surface area contributed by atoms with Crippen molar-refractivity contribution in [2.45, 2.75) is 20.5 Å². The molecular formula is C16H16N2O3S. The molecule has 1 aromatic carbocycles. The Hall–Kier alpha value is -2.47. The first-order valence-corrected chi connectivity index (χ1v) is 7.55. The maximum atomic E-state index is 12.1. The summed E-state index contributed by atoms with van der Waals surface area (Å²) < 4.78 is 5.20. The topological polar surface area (TPSA) is 68.3 Å². The number of amides is 1. The molecular weight excluding hydrogens is 300 g/mol. The molecule has 2 aromatic rings. The third kappa shape index (κ3) is 4.82. The number of ether oxygens (including phenoxy) is 1. The van der Waals surface area contributed by atoms with Crippen LogP contribution >= 0.6 is 11.3 Å². The summed E-state index contributed by atoms with van der Waals surface area (Å²) in [7, 11) is 0. The first-order valence-electron chi connectivity index (χ1n) is 6.67. The molecule has 5 nitrogen and oxygen atoms in total. The van der Waals surface area contributed by atoms with Crippen molar-refractivity contribution in [1.29, 1.82) is 0 Å². The molecule has 0 unspecified atom stereocenters. The number of benzene rings is 1. The highest BCUT2D eigenvalue weighted by Crippen LogP contribution is 2.11. The number of aromatic nitrogens is 1. The van der Waals surface area contributed by atoms with Gasteiger partial charge in [0, 0.05) is 12.3 Å². The van der Waals surface area contributed by atoms with Crippen molar-refractivity contribution in [2.75, 3.05) is 0 Å². The van der Waals surface area contributed by atoms with E-state index in [-0.39, 0.29) is 18.2 Å². The second-order valence-electron chi connectivity index (χ2n) is 4.58. The summed E-state index contributed by atoms with van der Waals surface area (Å²) >= 11 is 1.49. The summed E-state index contributed by atoms with van der Waals surface area (Å²) in [6, 6.07) is 9.23. The average Bonchev–Trinajstić information content (AvgIpc) is 2.90. The van der Waals surface area contributed by atoms with Gasteiger partial charge in [-0.15, -0.1) is 11.3 Å². The van der Waals surface area contributed by atoms with Crippen LogP contribution in [0.4, 0.5) is 0 Å². The fourth-order valence-corrected chi connectivity index (χ4v) is 2.34. The standard InChI is InChI=1S/C16H16N2O3S/c1-11(19)17-15(8-13-6-4-3-5-7-13)16(20)21-9-14-10-22-12(2)18-14/h3-8,10H,9H2,1-2H3,(H,17,19)/b15-8-. The summed E-state index contributed by atoms with van der Waals surface area (Å²) in [6.45, 7) is 3.30. The molecule has 0 fully saturated rings. The van der Waals surface area contributed by atoms with Gasteiger partial charge in [-0.3, -0.25) is 4.79 Å². The largest absolute Gasteiger partial charge is 0.454 e. The van der Waals surface area contributed by atoms with Crippen LogP contribution in [-0.4, -0.2) is 16.9 Å². The molecule has 1 aromatic heterocycles. The second kappa shape index (κ2) is 7.51. The van der Waals surface area contributed by atoms with Crippen molar-refractivity contribution in [1.82, 2.24) is 10.3 Å². The van der Waals surface area contributed by atoms with E-state index in [1.54, 1.807) is 6.08 Å². The fraction of sp³-hybridized carbons (Fsp3) is 0.188. The summed E-state index contributed by atoms with van der Waals surface area (Å²) in [4.78, 5) is 27.6. The Bertz CT molecular complexity index is 692. The van der Waals surface area contributed by atoms with Crippen LogP contribution in [0.5, 0.6) is 0 Å². The Balaban J connectivity index is 2.09. The van der Waals surface area contributed by atoms with Gasteiger partial charge in [0.05, 0.1) is 10.7 Å². The molecule has 114 valence electrons. The van der Waals surface area contributed by atoms with E-state index in [0.29, 0.717) is 5.69 Å². The first-order chi connectivity index (χ1) is 10.5. The van der Waals surface area contributed by atoms with Crippen molar-refractivity contribution in [3.63, 3.8) is 0 Å². The Morgan fingerprint density at radius 1 is 1.32 bits per heavy atom. The van der Waals surface area contributed by atoms with Crippen molar-refractivity contribution in [3.8, 4) is 0 Å². The van der Waals surface area contributed by atoms with E-state index >= 15 is 0 Å². The molecule has 1 amide bonds. The zero-order valence-corrected chi connectivity index (χ0v) is 13.1. The first kappa shape index (κ1) is 15.9. The van der Waals surface area contributed by atoms with E-state index < -0.39 is 5.97 Å². The van der Waals surface area contributed by atoms with Gasteiger partial charge in [0.1, 0.15) is 12.3 Å². The smallest absolute Gasteiger partial charge is 0.355 e. The van der Waals surface area contributed by atoms with E-state index in [9.17, 15) is 9.59 Å². The summed E-state index contributed by atoms with van der Waals surface area (Å²) in [5, 5.41) is 5.24. The normalized spacial score (nSPS) is 11.1. The summed E-state index contributed by atoms with van der Waals surface area (Å²) in [5.74, 6) is -0.923.